The molecule has 0 spiro atoms. The van der Waals surface area contributed by atoms with E-state index in [1.807, 2.05) is 61.5 Å². The highest BCUT2D eigenvalue weighted by Crippen LogP contribution is 2.24. The van der Waals surface area contributed by atoms with E-state index in [0.717, 1.165) is 16.8 Å². The molecule has 3 rings (SSSR count). The zero-order valence-electron chi connectivity index (χ0n) is 16.8. The summed E-state index contributed by atoms with van der Waals surface area (Å²) in [6, 6.07) is 22.1. The number of nitrogens with one attached hydrogen (secondary N) is 2. The van der Waals surface area contributed by atoms with Crippen molar-refractivity contribution in [2.75, 3.05) is 5.32 Å². The normalized spacial score (nSPS) is 11.7. The van der Waals surface area contributed by atoms with Crippen molar-refractivity contribution in [2.24, 2.45) is 0 Å². The molecule has 5 nitrogen and oxygen atoms in total. The molecule has 29 heavy (non-hydrogen) atoms. The molecular formula is C24H25N3O2. The molecule has 0 saturated heterocycles. The van der Waals surface area contributed by atoms with Gasteiger partial charge in [0.05, 0.1) is 6.04 Å². The molecule has 2 amide bonds. The van der Waals surface area contributed by atoms with Crippen LogP contribution in [0.5, 0.6) is 0 Å². The maximum atomic E-state index is 12.7. The molecule has 5 heteroatoms. The van der Waals surface area contributed by atoms with E-state index in [4.69, 9.17) is 0 Å². The Morgan fingerprint density at radius 1 is 0.759 bits per heavy atom. The van der Waals surface area contributed by atoms with Crippen LogP contribution in [0.15, 0.2) is 72.8 Å². The van der Waals surface area contributed by atoms with Crippen LogP contribution in [0.3, 0.4) is 0 Å². The molecule has 1 aromatic heterocycles. The minimum atomic E-state index is -0.344. The smallest absolute Gasteiger partial charge is 0.274 e. The van der Waals surface area contributed by atoms with Crippen molar-refractivity contribution in [3.05, 3.63) is 95.3 Å². The highest BCUT2D eigenvalue weighted by molar-refractivity contribution is 6.04. The number of carbonyl (C=O) groups excluding carboxylic acids is 2. The molecule has 0 fully saturated rings. The highest BCUT2D eigenvalue weighted by Gasteiger charge is 2.16. The summed E-state index contributed by atoms with van der Waals surface area (Å²) in [5, 5.41) is 5.83. The summed E-state index contributed by atoms with van der Waals surface area (Å²) in [6.07, 6.45) is 0. The van der Waals surface area contributed by atoms with E-state index in [-0.39, 0.29) is 35.2 Å². The third-order valence-corrected chi connectivity index (χ3v) is 4.69. The summed E-state index contributed by atoms with van der Waals surface area (Å²) < 4.78 is 0. The van der Waals surface area contributed by atoms with Gasteiger partial charge in [-0.25, -0.2) is 4.98 Å². The van der Waals surface area contributed by atoms with Crippen LogP contribution in [-0.2, 0) is 0 Å². The zero-order valence-corrected chi connectivity index (χ0v) is 16.8. The molecule has 1 heterocycles. The number of pyridine rings is 1. The fourth-order valence-electron chi connectivity index (χ4n) is 3.08. The van der Waals surface area contributed by atoms with Crippen LogP contribution in [-0.4, -0.2) is 16.8 Å². The summed E-state index contributed by atoms with van der Waals surface area (Å²) in [5.41, 5.74) is 3.20. The van der Waals surface area contributed by atoms with E-state index in [1.165, 1.54) is 0 Å². The first kappa shape index (κ1) is 20.3. The second kappa shape index (κ2) is 9.15. The third-order valence-electron chi connectivity index (χ3n) is 4.69. The van der Waals surface area contributed by atoms with Crippen LogP contribution >= 0.6 is 0 Å². The Kier molecular flexibility index (Phi) is 6.39. The molecule has 0 bridgehead atoms. The van der Waals surface area contributed by atoms with Crippen molar-refractivity contribution in [3.63, 3.8) is 0 Å². The topological polar surface area (TPSA) is 71.1 Å². The number of hydrogen-bond donors (Lipinski definition) is 2. The van der Waals surface area contributed by atoms with Crippen LogP contribution in [0.4, 0.5) is 5.69 Å². The van der Waals surface area contributed by atoms with Crippen LogP contribution in [0.25, 0.3) is 0 Å². The molecule has 1 atom stereocenters. The van der Waals surface area contributed by atoms with E-state index in [9.17, 15) is 9.59 Å². The minimum Gasteiger partial charge on any atom is -0.344 e. The summed E-state index contributed by atoms with van der Waals surface area (Å²) >= 11 is 0. The quantitative estimate of drug-likeness (QED) is 0.629. The number of para-hydroxylation sites is 1. The summed E-state index contributed by atoms with van der Waals surface area (Å²) in [6.45, 7) is 6.05. The first-order valence-electron chi connectivity index (χ1n) is 9.69. The second-order valence-electron chi connectivity index (χ2n) is 7.21. The summed E-state index contributed by atoms with van der Waals surface area (Å²) in [4.78, 5) is 29.6. The monoisotopic (exact) mass is 387 g/mol. The fraction of sp³-hybridized carbons (Fsp3) is 0.208. The van der Waals surface area contributed by atoms with Gasteiger partial charge in [0.15, 0.2) is 0 Å². The number of amides is 2. The lowest BCUT2D eigenvalue weighted by atomic mass is 10.0. The van der Waals surface area contributed by atoms with Crippen LogP contribution in [0.2, 0.25) is 0 Å². The minimum absolute atomic E-state index is 0.166. The summed E-state index contributed by atoms with van der Waals surface area (Å²) in [5.74, 6) is -0.390. The summed E-state index contributed by atoms with van der Waals surface area (Å²) in [7, 11) is 0. The maximum Gasteiger partial charge on any atom is 0.274 e. The Balaban J connectivity index is 1.74. The lowest BCUT2D eigenvalue weighted by Crippen LogP contribution is -2.28. The number of anilines is 1. The van der Waals surface area contributed by atoms with E-state index in [2.05, 4.69) is 29.5 Å². The fourth-order valence-corrected chi connectivity index (χ4v) is 3.08. The first-order chi connectivity index (χ1) is 14.0. The van der Waals surface area contributed by atoms with E-state index < -0.39 is 0 Å². The molecular weight excluding hydrogens is 362 g/mol. The van der Waals surface area contributed by atoms with Gasteiger partial charge in [-0.15, -0.1) is 0 Å². The van der Waals surface area contributed by atoms with Gasteiger partial charge in [-0.1, -0.05) is 68.4 Å². The van der Waals surface area contributed by atoms with Gasteiger partial charge in [-0.05, 0) is 42.2 Å². The zero-order chi connectivity index (χ0) is 20.8. The Morgan fingerprint density at radius 2 is 1.38 bits per heavy atom. The average Bonchev–Trinajstić information content (AvgIpc) is 2.74. The molecule has 2 aromatic carbocycles. The SMILES string of the molecule is CC(C)c1ccccc1NC(=O)c1cccc(C(=O)NC(C)c2ccccc2)n1. The Labute approximate surface area is 171 Å². The molecule has 1 unspecified atom stereocenters. The third kappa shape index (κ3) is 5.08. The predicted octanol–water partition coefficient (Wildman–Crippen LogP) is 4.95. The highest BCUT2D eigenvalue weighted by atomic mass is 16.2. The standard InChI is InChI=1S/C24H25N3O2/c1-16(2)19-12-7-8-13-20(19)27-24(29)22-15-9-14-21(26-22)23(28)25-17(3)18-10-5-4-6-11-18/h4-17H,1-3H3,(H,25,28)(H,27,29). The van der Waals surface area contributed by atoms with Gasteiger partial charge in [0.25, 0.3) is 11.8 Å². The van der Waals surface area contributed by atoms with Crippen LogP contribution < -0.4 is 10.6 Å². The van der Waals surface area contributed by atoms with Crippen molar-refractivity contribution in [3.8, 4) is 0 Å². The number of nitrogens with zero attached hydrogens (tertiary/aromatic N) is 1. The molecule has 0 aliphatic heterocycles. The maximum absolute atomic E-state index is 12.7. The van der Waals surface area contributed by atoms with Gasteiger partial charge in [0.2, 0.25) is 0 Å². The molecule has 2 N–H and O–H groups in total. The molecule has 0 saturated carbocycles. The van der Waals surface area contributed by atoms with Crippen LogP contribution in [0, 0.1) is 0 Å². The van der Waals surface area contributed by atoms with Crippen molar-refractivity contribution >= 4 is 17.5 Å². The van der Waals surface area contributed by atoms with Gasteiger partial charge < -0.3 is 10.6 Å². The van der Waals surface area contributed by atoms with Gasteiger partial charge >= 0.3 is 0 Å². The van der Waals surface area contributed by atoms with Crippen molar-refractivity contribution in [1.82, 2.24) is 10.3 Å². The van der Waals surface area contributed by atoms with E-state index in [1.54, 1.807) is 18.2 Å². The average molecular weight is 387 g/mol. The molecule has 3 aromatic rings. The number of aromatic nitrogens is 1. The Morgan fingerprint density at radius 3 is 2.07 bits per heavy atom. The Bertz CT molecular complexity index is 1000. The van der Waals surface area contributed by atoms with Crippen LogP contribution in [0.1, 0.15) is 64.8 Å². The lowest BCUT2D eigenvalue weighted by molar-refractivity contribution is 0.0934. The van der Waals surface area contributed by atoms with Gasteiger partial charge in [0.1, 0.15) is 11.4 Å². The van der Waals surface area contributed by atoms with Gasteiger partial charge in [-0.3, -0.25) is 9.59 Å². The van der Waals surface area contributed by atoms with Crippen molar-refractivity contribution in [1.29, 1.82) is 0 Å². The van der Waals surface area contributed by atoms with Gasteiger partial charge in [0, 0.05) is 5.69 Å². The number of hydrogen-bond acceptors (Lipinski definition) is 3. The first-order valence-corrected chi connectivity index (χ1v) is 9.69. The van der Waals surface area contributed by atoms with E-state index >= 15 is 0 Å². The predicted molar refractivity (Wildman–Crippen MR) is 115 cm³/mol. The second-order valence-corrected chi connectivity index (χ2v) is 7.21. The van der Waals surface area contributed by atoms with Crippen molar-refractivity contribution in [2.45, 2.75) is 32.7 Å². The molecule has 148 valence electrons. The number of rotatable bonds is 6. The lowest BCUT2D eigenvalue weighted by Gasteiger charge is -2.15. The van der Waals surface area contributed by atoms with E-state index in [0.29, 0.717) is 0 Å². The van der Waals surface area contributed by atoms with Crippen molar-refractivity contribution < 1.29 is 9.59 Å². The molecule has 0 radical (unpaired) electrons. The number of benzene rings is 2. The number of carbonyl (C=O) groups is 2. The van der Waals surface area contributed by atoms with Gasteiger partial charge in [-0.2, -0.15) is 0 Å². The molecule has 0 aliphatic carbocycles. The Hall–Kier alpha value is -3.47. The largest absolute Gasteiger partial charge is 0.344 e. The molecule has 0 aliphatic rings.